The molecule has 1 aromatic carbocycles. The number of fused-ring (bicyclic) bond motifs is 1. The van der Waals surface area contributed by atoms with Crippen LogP contribution in [0.15, 0.2) is 29.3 Å². The van der Waals surface area contributed by atoms with Gasteiger partial charge < -0.3 is 0 Å². The molecule has 0 bridgehead atoms. The molecule has 92 valence electrons. The largest absolute Gasteiger partial charge is 0.282 e. The number of benzene rings is 1. The molecule has 7 heteroatoms. The molecule has 2 amide bonds. The lowest BCUT2D eigenvalue weighted by atomic mass is 10.1. The number of halogens is 1. The van der Waals surface area contributed by atoms with Crippen molar-refractivity contribution >= 4 is 33.4 Å². The fourth-order valence-corrected chi connectivity index (χ4v) is 2.03. The molecule has 0 aromatic heterocycles. The van der Waals surface area contributed by atoms with Crippen molar-refractivity contribution in [3.8, 4) is 0 Å². The van der Waals surface area contributed by atoms with E-state index in [9.17, 15) is 19.7 Å². The molecule has 2 rings (SSSR count). The number of nitro benzene ring substituents is 1. The average molecular weight is 311 g/mol. The molecule has 0 N–H and O–H groups in total. The van der Waals surface area contributed by atoms with Crippen molar-refractivity contribution < 1.29 is 14.5 Å². The standard InChI is InChI=1S/C11H7BrN2O4/c1-6(12)5-13-10(15)7-3-2-4-8(14(17)18)9(7)11(13)16/h2-4H,1,5H2. The Morgan fingerprint density at radius 3 is 2.61 bits per heavy atom. The number of rotatable bonds is 3. The number of nitro groups is 1. The van der Waals surface area contributed by atoms with Crippen LogP contribution in [0.5, 0.6) is 0 Å². The maximum absolute atomic E-state index is 12.0. The van der Waals surface area contributed by atoms with Gasteiger partial charge in [0.05, 0.1) is 17.0 Å². The van der Waals surface area contributed by atoms with E-state index in [4.69, 9.17) is 0 Å². The Morgan fingerprint density at radius 1 is 1.39 bits per heavy atom. The SMILES string of the molecule is C=C(Br)CN1C(=O)c2cccc([N+](=O)[O-])c2C1=O. The van der Waals surface area contributed by atoms with Gasteiger partial charge in [-0.2, -0.15) is 0 Å². The highest BCUT2D eigenvalue weighted by atomic mass is 79.9. The molecule has 0 unspecified atom stereocenters. The molecule has 0 saturated heterocycles. The maximum atomic E-state index is 12.0. The van der Waals surface area contributed by atoms with Crippen LogP contribution in [0.3, 0.4) is 0 Å². The van der Waals surface area contributed by atoms with Gasteiger partial charge in [-0.3, -0.25) is 24.6 Å². The Balaban J connectivity index is 2.55. The van der Waals surface area contributed by atoms with E-state index < -0.39 is 16.7 Å². The minimum absolute atomic E-state index is 0.0104. The molecule has 0 fully saturated rings. The molecule has 0 spiro atoms. The zero-order valence-electron chi connectivity index (χ0n) is 9.05. The van der Waals surface area contributed by atoms with Crippen LogP contribution in [-0.4, -0.2) is 28.2 Å². The minimum atomic E-state index is -0.670. The number of hydrogen-bond acceptors (Lipinski definition) is 4. The second kappa shape index (κ2) is 4.34. The molecule has 1 aromatic rings. The van der Waals surface area contributed by atoms with Crippen molar-refractivity contribution in [1.82, 2.24) is 4.90 Å². The van der Waals surface area contributed by atoms with Gasteiger partial charge in [-0.05, 0) is 6.07 Å². The summed E-state index contributed by atoms with van der Waals surface area (Å²) in [6, 6.07) is 3.99. The summed E-state index contributed by atoms with van der Waals surface area (Å²) in [6.07, 6.45) is 0. The van der Waals surface area contributed by atoms with Crippen LogP contribution >= 0.6 is 15.9 Å². The van der Waals surface area contributed by atoms with Crippen molar-refractivity contribution in [3.63, 3.8) is 0 Å². The van der Waals surface area contributed by atoms with Gasteiger partial charge in [0.2, 0.25) is 0 Å². The van der Waals surface area contributed by atoms with Crippen molar-refractivity contribution in [2.24, 2.45) is 0 Å². The lowest BCUT2D eigenvalue weighted by Crippen LogP contribution is -2.30. The summed E-state index contributed by atoms with van der Waals surface area (Å²) < 4.78 is 0.444. The lowest BCUT2D eigenvalue weighted by Gasteiger charge is -2.11. The van der Waals surface area contributed by atoms with E-state index in [0.29, 0.717) is 4.48 Å². The van der Waals surface area contributed by atoms with E-state index in [1.807, 2.05) is 0 Å². The quantitative estimate of drug-likeness (QED) is 0.486. The van der Waals surface area contributed by atoms with Crippen molar-refractivity contribution in [2.45, 2.75) is 0 Å². The Morgan fingerprint density at radius 2 is 2.06 bits per heavy atom. The van der Waals surface area contributed by atoms with Crippen LogP contribution in [0.1, 0.15) is 20.7 Å². The third-order valence-corrected chi connectivity index (χ3v) is 2.75. The van der Waals surface area contributed by atoms with Gasteiger partial charge in [0.1, 0.15) is 5.56 Å². The summed E-state index contributed by atoms with van der Waals surface area (Å²) in [5.41, 5.74) is -0.447. The molecule has 1 aliphatic rings. The highest BCUT2D eigenvalue weighted by Crippen LogP contribution is 2.31. The van der Waals surface area contributed by atoms with E-state index in [-0.39, 0.29) is 23.4 Å². The van der Waals surface area contributed by atoms with Gasteiger partial charge >= 0.3 is 0 Å². The first-order valence-electron chi connectivity index (χ1n) is 4.90. The molecule has 0 aliphatic carbocycles. The molecule has 1 aliphatic heterocycles. The monoisotopic (exact) mass is 310 g/mol. The molecule has 6 nitrogen and oxygen atoms in total. The highest BCUT2D eigenvalue weighted by Gasteiger charge is 2.40. The first kappa shape index (κ1) is 12.4. The summed E-state index contributed by atoms with van der Waals surface area (Å²) >= 11 is 3.06. The summed E-state index contributed by atoms with van der Waals surface area (Å²) in [4.78, 5) is 35.0. The number of amides is 2. The van der Waals surface area contributed by atoms with E-state index in [1.165, 1.54) is 18.2 Å². The Bertz CT molecular complexity index is 597. The highest BCUT2D eigenvalue weighted by molar-refractivity contribution is 9.11. The van der Waals surface area contributed by atoms with Crippen molar-refractivity contribution in [1.29, 1.82) is 0 Å². The third-order valence-electron chi connectivity index (χ3n) is 2.50. The number of nitrogens with zero attached hydrogens (tertiary/aromatic N) is 2. The van der Waals surface area contributed by atoms with Gasteiger partial charge in [-0.15, -0.1) is 0 Å². The number of hydrogen-bond donors (Lipinski definition) is 0. The minimum Gasteiger partial charge on any atom is -0.269 e. The fraction of sp³-hybridized carbons (Fsp3) is 0.0909. The van der Waals surface area contributed by atoms with E-state index in [1.54, 1.807) is 0 Å². The molecule has 18 heavy (non-hydrogen) atoms. The average Bonchev–Trinajstić information content (AvgIpc) is 2.54. The number of carbonyl (C=O) groups excluding carboxylic acids is 2. The molecule has 0 atom stereocenters. The molecular weight excluding hydrogens is 304 g/mol. The molecular formula is C11H7BrN2O4. The second-order valence-electron chi connectivity index (χ2n) is 3.67. The normalized spacial score (nSPS) is 13.7. The topological polar surface area (TPSA) is 80.5 Å². The summed E-state index contributed by atoms with van der Waals surface area (Å²) in [5.74, 6) is -1.21. The Hall–Kier alpha value is -2.02. The van der Waals surface area contributed by atoms with Crippen LogP contribution < -0.4 is 0 Å². The van der Waals surface area contributed by atoms with Crippen LogP contribution in [0, 0.1) is 10.1 Å². The first-order valence-corrected chi connectivity index (χ1v) is 5.69. The maximum Gasteiger partial charge on any atom is 0.282 e. The van der Waals surface area contributed by atoms with Crippen LogP contribution in [0.2, 0.25) is 0 Å². The van der Waals surface area contributed by atoms with E-state index >= 15 is 0 Å². The molecule has 0 saturated carbocycles. The molecule has 1 heterocycles. The Labute approximate surface area is 110 Å². The van der Waals surface area contributed by atoms with Gasteiger partial charge in [-0.1, -0.05) is 28.6 Å². The summed E-state index contributed by atoms with van der Waals surface area (Å²) in [6.45, 7) is 3.53. The van der Waals surface area contributed by atoms with Gasteiger partial charge in [0, 0.05) is 10.5 Å². The smallest absolute Gasteiger partial charge is 0.269 e. The van der Waals surface area contributed by atoms with Crippen LogP contribution in [0.4, 0.5) is 5.69 Å². The van der Waals surface area contributed by atoms with Gasteiger partial charge in [0.15, 0.2) is 0 Å². The number of carbonyl (C=O) groups is 2. The van der Waals surface area contributed by atoms with Crippen LogP contribution in [-0.2, 0) is 0 Å². The number of imide groups is 1. The lowest BCUT2D eigenvalue weighted by molar-refractivity contribution is -0.385. The summed E-state index contributed by atoms with van der Waals surface area (Å²) in [7, 11) is 0. The van der Waals surface area contributed by atoms with Crippen molar-refractivity contribution in [2.75, 3.05) is 6.54 Å². The fourth-order valence-electron chi connectivity index (χ4n) is 1.78. The predicted molar refractivity (Wildman–Crippen MR) is 66.5 cm³/mol. The third kappa shape index (κ3) is 1.82. The second-order valence-corrected chi connectivity index (χ2v) is 4.79. The molecule has 0 radical (unpaired) electrons. The van der Waals surface area contributed by atoms with Crippen LogP contribution in [0.25, 0.3) is 0 Å². The zero-order chi connectivity index (χ0) is 13.4. The van der Waals surface area contributed by atoms with Gasteiger partial charge in [-0.25, -0.2) is 0 Å². The first-order chi connectivity index (χ1) is 8.43. The van der Waals surface area contributed by atoms with Gasteiger partial charge in [0.25, 0.3) is 17.5 Å². The predicted octanol–water partition coefficient (Wildman–Crippen LogP) is 2.10. The van der Waals surface area contributed by atoms with E-state index in [0.717, 1.165) is 4.90 Å². The zero-order valence-corrected chi connectivity index (χ0v) is 10.6. The van der Waals surface area contributed by atoms with Crippen molar-refractivity contribution in [3.05, 3.63) is 50.5 Å². The Kier molecular flexibility index (Phi) is 3.00. The summed E-state index contributed by atoms with van der Waals surface area (Å²) in [5, 5.41) is 10.8. The van der Waals surface area contributed by atoms with E-state index in [2.05, 4.69) is 22.5 Å².